The number of hydrogen-bond acceptors (Lipinski definition) is 3. The van der Waals surface area contributed by atoms with Crippen LogP contribution in [0.4, 0.5) is 8.78 Å². The molecule has 5 aromatic rings. The van der Waals surface area contributed by atoms with Crippen molar-refractivity contribution in [1.82, 2.24) is 14.8 Å². The average molecular weight is 474 g/mol. The fourth-order valence-electron chi connectivity index (χ4n) is 4.56. The molecule has 0 fully saturated rings. The van der Waals surface area contributed by atoms with E-state index in [0.717, 1.165) is 16.7 Å². The molecule has 0 amide bonds. The summed E-state index contributed by atoms with van der Waals surface area (Å²) in [6, 6.07) is 30.1. The van der Waals surface area contributed by atoms with Crippen LogP contribution in [0, 0.1) is 0 Å². The van der Waals surface area contributed by atoms with Gasteiger partial charge in [-0.15, -0.1) is 0 Å². The Morgan fingerprint density at radius 2 is 1.29 bits per heavy atom. The second-order valence-corrected chi connectivity index (χ2v) is 8.14. The Labute approximate surface area is 199 Å². The summed E-state index contributed by atoms with van der Waals surface area (Å²) in [7, 11) is 0. The molecule has 3 aromatic carbocycles. The summed E-state index contributed by atoms with van der Waals surface area (Å²) in [6.45, 7) is 0. The third-order valence-corrected chi connectivity index (χ3v) is 6.09. The largest absolute Gasteiger partial charge is 0.296 e. The Kier molecular flexibility index (Phi) is 5.67. The van der Waals surface area contributed by atoms with Gasteiger partial charge in [0.15, 0.2) is 6.29 Å². The molecule has 168 valence electrons. The zero-order valence-corrected chi connectivity index (χ0v) is 18.5. The molecule has 0 radical (unpaired) electrons. The zero-order valence-electron chi connectivity index (χ0n) is 17.8. The molecule has 34 heavy (non-hydrogen) atoms. The molecule has 7 heteroatoms. The summed E-state index contributed by atoms with van der Waals surface area (Å²) in [5.74, 6) is 0. The summed E-state index contributed by atoms with van der Waals surface area (Å²) >= 11 is 6.25. The van der Waals surface area contributed by atoms with Crippen molar-refractivity contribution in [3.05, 3.63) is 130 Å². The first kappa shape index (κ1) is 21.9. The molecule has 0 spiro atoms. The van der Waals surface area contributed by atoms with E-state index in [0.29, 0.717) is 6.29 Å². The van der Waals surface area contributed by atoms with Gasteiger partial charge in [-0.3, -0.25) is 4.79 Å². The van der Waals surface area contributed by atoms with E-state index < -0.39 is 17.7 Å². The molecule has 5 rings (SSSR count). The van der Waals surface area contributed by atoms with Crippen molar-refractivity contribution < 1.29 is 13.6 Å². The van der Waals surface area contributed by atoms with Gasteiger partial charge in [0, 0.05) is 6.07 Å². The molecule has 0 N–H and O–H groups in total. The Morgan fingerprint density at radius 3 is 1.71 bits per heavy atom. The first-order chi connectivity index (χ1) is 16.6. The molecule has 0 saturated carbocycles. The Morgan fingerprint density at radius 1 is 0.824 bits per heavy atom. The van der Waals surface area contributed by atoms with Crippen molar-refractivity contribution in [1.29, 1.82) is 0 Å². The zero-order chi connectivity index (χ0) is 23.7. The van der Waals surface area contributed by atoms with Crippen LogP contribution in [-0.2, 0) is 5.54 Å². The second-order valence-electron chi connectivity index (χ2n) is 7.75. The number of fused-ring (bicyclic) bond motifs is 1. The van der Waals surface area contributed by atoms with Crippen LogP contribution in [0.1, 0.15) is 39.3 Å². The van der Waals surface area contributed by atoms with Crippen LogP contribution in [0.5, 0.6) is 0 Å². The molecule has 0 atom stereocenters. The highest BCUT2D eigenvalue weighted by molar-refractivity contribution is 6.30. The number of hydrogen-bond donors (Lipinski definition) is 0. The lowest BCUT2D eigenvalue weighted by Gasteiger charge is -2.37. The number of aldehydes is 1. The van der Waals surface area contributed by atoms with E-state index in [1.807, 2.05) is 91.0 Å². The molecule has 0 aliphatic heterocycles. The molecule has 4 nitrogen and oxygen atoms in total. The van der Waals surface area contributed by atoms with Gasteiger partial charge in [-0.05, 0) is 16.7 Å². The third-order valence-electron chi connectivity index (χ3n) is 5.90. The lowest BCUT2D eigenvalue weighted by atomic mass is 9.77. The average Bonchev–Trinajstić information content (AvgIpc) is 3.26. The van der Waals surface area contributed by atoms with Crippen molar-refractivity contribution >= 4 is 28.8 Å². The van der Waals surface area contributed by atoms with Crippen molar-refractivity contribution in [3.8, 4) is 0 Å². The summed E-state index contributed by atoms with van der Waals surface area (Å²) in [4.78, 5) is 15.8. The highest BCUT2D eigenvalue weighted by Crippen LogP contribution is 2.44. The molecule has 0 aliphatic rings. The van der Waals surface area contributed by atoms with Gasteiger partial charge in [0.1, 0.15) is 22.1 Å². The summed E-state index contributed by atoms with van der Waals surface area (Å²) in [5.41, 5.74) is 0.865. The number of rotatable bonds is 6. The summed E-state index contributed by atoms with van der Waals surface area (Å²) in [5, 5.41) is 4.45. The van der Waals surface area contributed by atoms with E-state index in [1.165, 1.54) is 6.07 Å². The number of pyridine rings is 1. The van der Waals surface area contributed by atoms with Crippen molar-refractivity contribution in [2.45, 2.75) is 12.0 Å². The minimum atomic E-state index is -2.93. The number of carbonyl (C=O) groups is 1. The van der Waals surface area contributed by atoms with E-state index in [1.54, 1.807) is 4.68 Å². The van der Waals surface area contributed by atoms with Gasteiger partial charge in [-0.1, -0.05) is 103 Å². The van der Waals surface area contributed by atoms with Crippen molar-refractivity contribution in [3.63, 3.8) is 0 Å². The highest BCUT2D eigenvalue weighted by Gasteiger charge is 2.42. The van der Waals surface area contributed by atoms with Crippen LogP contribution >= 0.6 is 11.6 Å². The minimum Gasteiger partial charge on any atom is -0.296 e. The molecular weight excluding hydrogens is 456 g/mol. The lowest BCUT2D eigenvalue weighted by Crippen LogP contribution is -2.38. The van der Waals surface area contributed by atoms with E-state index in [2.05, 4.69) is 10.1 Å². The molecule has 0 bridgehead atoms. The smallest absolute Gasteiger partial charge is 0.282 e. The van der Waals surface area contributed by atoms with Gasteiger partial charge in [0.05, 0.1) is 10.9 Å². The number of aromatic nitrogens is 3. The van der Waals surface area contributed by atoms with Gasteiger partial charge < -0.3 is 0 Å². The first-order valence-electron chi connectivity index (χ1n) is 10.6. The van der Waals surface area contributed by atoms with Crippen LogP contribution in [0.25, 0.3) is 10.9 Å². The van der Waals surface area contributed by atoms with E-state index in [-0.39, 0.29) is 21.7 Å². The topological polar surface area (TPSA) is 47.8 Å². The first-order valence-corrected chi connectivity index (χ1v) is 10.9. The number of benzene rings is 3. The molecule has 2 heterocycles. The fourth-order valence-corrected chi connectivity index (χ4v) is 4.75. The highest BCUT2D eigenvalue weighted by atomic mass is 35.5. The maximum Gasteiger partial charge on any atom is 0.282 e. The summed E-state index contributed by atoms with van der Waals surface area (Å²) in [6.07, 6.45) is -2.49. The predicted octanol–water partition coefficient (Wildman–Crippen LogP) is 6.68. The second kappa shape index (κ2) is 8.80. The Bertz CT molecular complexity index is 1360. The van der Waals surface area contributed by atoms with Gasteiger partial charge in [-0.25, -0.2) is 18.4 Å². The quantitative estimate of drug-likeness (QED) is 0.157. The van der Waals surface area contributed by atoms with Crippen LogP contribution in [0.2, 0.25) is 5.15 Å². The third kappa shape index (κ3) is 3.38. The van der Waals surface area contributed by atoms with Gasteiger partial charge in [-0.2, -0.15) is 5.10 Å². The number of carbonyl (C=O) groups excluding carboxylic acids is 1. The SMILES string of the molecule is O=Cc1nc(Cl)cc2c1c(C(F)F)nn2C(c1ccccc1)(c1ccccc1)c1ccccc1. The Hall–Kier alpha value is -3.90. The molecular formula is C27H18ClF2N3O. The molecule has 2 aromatic heterocycles. The van der Waals surface area contributed by atoms with Crippen LogP contribution in [-0.4, -0.2) is 21.1 Å². The van der Waals surface area contributed by atoms with Gasteiger partial charge in [0.2, 0.25) is 0 Å². The standard InChI is InChI=1S/C27H18ClF2N3O/c28-23-16-22-24(21(17-34)31-23)25(26(29)30)32-33(22)27(18-10-4-1-5-11-18,19-12-6-2-7-13-19)20-14-8-3-9-15-20/h1-17,26H. The van der Waals surface area contributed by atoms with E-state index in [9.17, 15) is 13.6 Å². The van der Waals surface area contributed by atoms with Crippen LogP contribution in [0.15, 0.2) is 97.1 Å². The maximum atomic E-state index is 14.3. The number of halogens is 3. The van der Waals surface area contributed by atoms with Gasteiger partial charge >= 0.3 is 0 Å². The van der Waals surface area contributed by atoms with Crippen molar-refractivity contribution in [2.75, 3.05) is 0 Å². The van der Waals surface area contributed by atoms with E-state index >= 15 is 0 Å². The molecule has 0 unspecified atom stereocenters. The van der Waals surface area contributed by atoms with Crippen LogP contribution in [0.3, 0.4) is 0 Å². The van der Waals surface area contributed by atoms with E-state index in [4.69, 9.17) is 11.6 Å². The maximum absolute atomic E-state index is 14.3. The number of alkyl halides is 2. The normalized spacial score (nSPS) is 11.8. The Balaban J connectivity index is 2.03. The molecule has 0 aliphatic carbocycles. The lowest BCUT2D eigenvalue weighted by molar-refractivity contribution is 0.112. The predicted molar refractivity (Wildman–Crippen MR) is 127 cm³/mol. The monoisotopic (exact) mass is 473 g/mol. The van der Waals surface area contributed by atoms with Gasteiger partial charge in [0.25, 0.3) is 6.43 Å². The summed E-state index contributed by atoms with van der Waals surface area (Å²) < 4.78 is 30.1. The minimum absolute atomic E-state index is 0.0124. The van der Waals surface area contributed by atoms with Crippen LogP contribution < -0.4 is 0 Å². The fraction of sp³-hybridized carbons (Fsp3) is 0.0741. The number of nitrogens with zero attached hydrogens (tertiary/aromatic N) is 3. The molecule has 0 saturated heterocycles. The van der Waals surface area contributed by atoms with Crippen molar-refractivity contribution in [2.24, 2.45) is 0 Å².